The van der Waals surface area contributed by atoms with E-state index in [1.54, 1.807) is 6.07 Å². The summed E-state index contributed by atoms with van der Waals surface area (Å²) in [4.78, 5) is 11.5. The molecule has 4 heteroatoms. The van der Waals surface area contributed by atoms with Crippen LogP contribution in [0, 0.1) is 11.8 Å². The molecule has 2 aromatic rings. The topological polar surface area (TPSA) is 50.4 Å². The Bertz CT molecular complexity index is 661. The molecule has 1 aliphatic carbocycles. The summed E-state index contributed by atoms with van der Waals surface area (Å²) in [5.41, 5.74) is 0.775. The fourth-order valence-electron chi connectivity index (χ4n) is 3.46. The van der Waals surface area contributed by atoms with Crippen LogP contribution >= 0.6 is 11.6 Å². The third-order valence-corrected chi connectivity index (χ3v) is 4.95. The van der Waals surface area contributed by atoms with Crippen LogP contribution in [0.15, 0.2) is 28.7 Å². The quantitative estimate of drug-likeness (QED) is 0.860. The molecule has 3 unspecified atom stereocenters. The Kier molecular flexibility index (Phi) is 3.94. The third-order valence-electron chi connectivity index (χ3n) is 4.72. The van der Waals surface area contributed by atoms with Gasteiger partial charge in [0.05, 0.1) is 5.92 Å². The summed E-state index contributed by atoms with van der Waals surface area (Å²) in [6.07, 6.45) is 3.71. The van der Waals surface area contributed by atoms with Crippen molar-refractivity contribution < 1.29 is 14.3 Å². The summed E-state index contributed by atoms with van der Waals surface area (Å²) in [7, 11) is 0. The van der Waals surface area contributed by atoms with Gasteiger partial charge in [-0.1, -0.05) is 24.9 Å². The number of halogens is 1. The van der Waals surface area contributed by atoms with Gasteiger partial charge in [-0.2, -0.15) is 0 Å². The van der Waals surface area contributed by atoms with Crippen LogP contribution < -0.4 is 0 Å². The minimum absolute atomic E-state index is 0.0348. The van der Waals surface area contributed by atoms with E-state index in [9.17, 15) is 9.90 Å². The summed E-state index contributed by atoms with van der Waals surface area (Å²) in [5.74, 6) is 0.282. The Balaban J connectivity index is 1.98. The average molecular weight is 307 g/mol. The highest BCUT2D eigenvalue weighted by molar-refractivity contribution is 6.31. The fraction of sp³-hybridized carbons (Fsp3) is 0.471. The van der Waals surface area contributed by atoms with E-state index in [-0.39, 0.29) is 11.8 Å². The average Bonchev–Trinajstić information content (AvgIpc) is 2.89. The number of hydrogen-bond acceptors (Lipinski definition) is 2. The molecule has 1 aromatic carbocycles. The number of carboxylic acid groups (broad SMARTS) is 1. The summed E-state index contributed by atoms with van der Waals surface area (Å²) in [6, 6.07) is 7.46. The van der Waals surface area contributed by atoms with Crippen molar-refractivity contribution in [3.63, 3.8) is 0 Å². The number of fused-ring (bicyclic) bond motifs is 1. The van der Waals surface area contributed by atoms with Gasteiger partial charge in [0.15, 0.2) is 0 Å². The van der Waals surface area contributed by atoms with Crippen LogP contribution in [-0.4, -0.2) is 11.1 Å². The van der Waals surface area contributed by atoms with Crippen molar-refractivity contribution >= 4 is 28.5 Å². The third kappa shape index (κ3) is 2.80. The molecule has 3 atom stereocenters. The maximum Gasteiger partial charge on any atom is 0.307 e. The maximum absolute atomic E-state index is 11.5. The van der Waals surface area contributed by atoms with Crippen molar-refractivity contribution in [3.8, 4) is 0 Å². The van der Waals surface area contributed by atoms with Crippen LogP contribution in [-0.2, 0) is 4.79 Å². The number of hydrogen-bond donors (Lipinski definition) is 1. The molecule has 1 heterocycles. The van der Waals surface area contributed by atoms with Crippen LogP contribution in [0.4, 0.5) is 0 Å². The minimum atomic E-state index is -0.715. The molecule has 0 saturated heterocycles. The first-order chi connectivity index (χ1) is 10.1. The van der Waals surface area contributed by atoms with E-state index in [4.69, 9.17) is 16.0 Å². The molecule has 3 nitrogen and oxygen atoms in total. The Morgan fingerprint density at radius 1 is 1.38 bits per heavy atom. The number of furan rings is 1. The molecule has 1 aromatic heterocycles. The summed E-state index contributed by atoms with van der Waals surface area (Å²) < 4.78 is 5.91. The normalized spacial score (nSPS) is 26.1. The van der Waals surface area contributed by atoms with Gasteiger partial charge in [-0.3, -0.25) is 4.79 Å². The molecule has 0 bridgehead atoms. The van der Waals surface area contributed by atoms with Crippen LogP contribution in [0.25, 0.3) is 11.0 Å². The standard InChI is InChI=1S/C17H19ClO3/c1-2-10-3-5-13(17(19)20)14(7-10)16-9-11-8-12(18)4-6-15(11)21-16/h4,6,8-10,13-14H,2-3,5,7H2,1H3,(H,19,20). The molecule has 112 valence electrons. The Morgan fingerprint density at radius 2 is 2.19 bits per heavy atom. The molecule has 1 saturated carbocycles. The van der Waals surface area contributed by atoms with Gasteiger partial charge in [-0.15, -0.1) is 0 Å². The lowest BCUT2D eigenvalue weighted by Crippen LogP contribution is -2.28. The predicted octanol–water partition coefficient (Wildman–Crippen LogP) is 5.08. The lowest BCUT2D eigenvalue weighted by molar-refractivity contribution is -0.144. The highest BCUT2D eigenvalue weighted by Crippen LogP contribution is 2.43. The van der Waals surface area contributed by atoms with E-state index in [1.807, 2.05) is 18.2 Å². The first kappa shape index (κ1) is 14.5. The maximum atomic E-state index is 11.5. The lowest BCUT2D eigenvalue weighted by Gasteiger charge is -2.32. The number of aliphatic carboxylic acids is 1. The Hall–Kier alpha value is -1.48. The molecule has 0 aliphatic heterocycles. The lowest BCUT2D eigenvalue weighted by atomic mass is 9.72. The zero-order chi connectivity index (χ0) is 15.0. The zero-order valence-electron chi connectivity index (χ0n) is 12.0. The van der Waals surface area contributed by atoms with Crippen molar-refractivity contribution in [1.29, 1.82) is 0 Å². The smallest absolute Gasteiger partial charge is 0.307 e. The number of benzene rings is 1. The minimum Gasteiger partial charge on any atom is -0.481 e. The van der Waals surface area contributed by atoms with Gasteiger partial charge in [-0.05, 0) is 49.4 Å². The van der Waals surface area contributed by atoms with Gasteiger partial charge in [0.2, 0.25) is 0 Å². The fourth-order valence-corrected chi connectivity index (χ4v) is 3.64. The van der Waals surface area contributed by atoms with Crippen molar-refractivity contribution in [1.82, 2.24) is 0 Å². The molecule has 1 fully saturated rings. The molecule has 0 spiro atoms. The van der Waals surface area contributed by atoms with E-state index in [1.165, 1.54) is 0 Å². The highest BCUT2D eigenvalue weighted by Gasteiger charge is 2.37. The first-order valence-corrected chi connectivity index (χ1v) is 7.88. The van der Waals surface area contributed by atoms with Gasteiger partial charge in [-0.25, -0.2) is 0 Å². The van der Waals surface area contributed by atoms with Gasteiger partial charge >= 0.3 is 5.97 Å². The molecule has 3 rings (SSSR count). The Morgan fingerprint density at radius 3 is 2.90 bits per heavy atom. The summed E-state index contributed by atoms with van der Waals surface area (Å²) >= 11 is 6.00. The number of carboxylic acids is 1. The van der Waals surface area contributed by atoms with Crippen LogP contribution in [0.3, 0.4) is 0 Å². The molecule has 1 N–H and O–H groups in total. The second kappa shape index (κ2) is 5.72. The molecular weight excluding hydrogens is 288 g/mol. The van der Waals surface area contributed by atoms with Crippen molar-refractivity contribution in [2.75, 3.05) is 0 Å². The van der Waals surface area contributed by atoms with E-state index < -0.39 is 5.97 Å². The number of carbonyl (C=O) groups is 1. The molecule has 0 amide bonds. The first-order valence-electron chi connectivity index (χ1n) is 7.50. The van der Waals surface area contributed by atoms with Crippen molar-refractivity contribution in [3.05, 3.63) is 35.0 Å². The van der Waals surface area contributed by atoms with E-state index in [0.29, 0.717) is 10.9 Å². The van der Waals surface area contributed by atoms with E-state index >= 15 is 0 Å². The molecule has 21 heavy (non-hydrogen) atoms. The van der Waals surface area contributed by atoms with Crippen LogP contribution in [0.1, 0.15) is 44.3 Å². The largest absolute Gasteiger partial charge is 0.481 e. The SMILES string of the molecule is CCC1CCC(C(=O)O)C(c2cc3cc(Cl)ccc3o2)C1. The van der Waals surface area contributed by atoms with E-state index in [0.717, 1.165) is 42.4 Å². The Labute approximate surface area is 128 Å². The van der Waals surface area contributed by atoms with Crippen LogP contribution in [0.5, 0.6) is 0 Å². The second-order valence-corrected chi connectivity index (χ2v) is 6.41. The highest BCUT2D eigenvalue weighted by atomic mass is 35.5. The molecule has 0 radical (unpaired) electrons. The van der Waals surface area contributed by atoms with Crippen LogP contribution in [0.2, 0.25) is 5.02 Å². The molecular formula is C17H19ClO3. The predicted molar refractivity (Wildman–Crippen MR) is 82.7 cm³/mol. The summed E-state index contributed by atoms with van der Waals surface area (Å²) in [6.45, 7) is 2.17. The van der Waals surface area contributed by atoms with Gasteiger partial charge in [0, 0.05) is 16.3 Å². The monoisotopic (exact) mass is 306 g/mol. The number of rotatable bonds is 3. The zero-order valence-corrected chi connectivity index (χ0v) is 12.8. The van der Waals surface area contributed by atoms with Gasteiger partial charge in [0.1, 0.15) is 11.3 Å². The van der Waals surface area contributed by atoms with E-state index in [2.05, 4.69) is 6.92 Å². The molecule has 1 aliphatic rings. The van der Waals surface area contributed by atoms with Crippen molar-refractivity contribution in [2.24, 2.45) is 11.8 Å². The second-order valence-electron chi connectivity index (χ2n) is 5.97. The van der Waals surface area contributed by atoms with Crippen molar-refractivity contribution in [2.45, 2.75) is 38.5 Å². The van der Waals surface area contributed by atoms with Gasteiger partial charge in [0.25, 0.3) is 0 Å². The van der Waals surface area contributed by atoms with Gasteiger partial charge < -0.3 is 9.52 Å². The summed E-state index contributed by atoms with van der Waals surface area (Å²) in [5, 5.41) is 11.1.